The van der Waals surface area contributed by atoms with Crippen LogP contribution in [0, 0.1) is 11.8 Å². The average molecular weight is 807 g/mol. The second-order valence-electron chi connectivity index (χ2n) is 18.2. The van der Waals surface area contributed by atoms with Gasteiger partial charge in [0.25, 0.3) is 0 Å². The summed E-state index contributed by atoms with van der Waals surface area (Å²) in [5, 5.41) is 0. The largest absolute Gasteiger partial charge is 0.462 e. The summed E-state index contributed by atoms with van der Waals surface area (Å²) in [7, 11) is 0. The molecule has 0 saturated carbocycles. The summed E-state index contributed by atoms with van der Waals surface area (Å²) < 4.78 is 16.8. The van der Waals surface area contributed by atoms with Crippen molar-refractivity contribution in [2.24, 2.45) is 11.8 Å². The van der Waals surface area contributed by atoms with E-state index in [-0.39, 0.29) is 31.1 Å². The summed E-state index contributed by atoms with van der Waals surface area (Å²) in [6.45, 7) is 11.3. The maximum atomic E-state index is 12.8. The Bertz CT molecular complexity index is 872. The van der Waals surface area contributed by atoms with Crippen LogP contribution in [0.25, 0.3) is 0 Å². The van der Waals surface area contributed by atoms with Gasteiger partial charge in [-0.2, -0.15) is 0 Å². The molecule has 0 heterocycles. The molecule has 0 saturated heterocycles. The molecule has 6 heteroatoms. The van der Waals surface area contributed by atoms with Gasteiger partial charge in [0.15, 0.2) is 6.10 Å². The van der Waals surface area contributed by atoms with Crippen LogP contribution < -0.4 is 0 Å². The Hall–Kier alpha value is -1.59. The first-order valence-corrected chi connectivity index (χ1v) is 25.3. The van der Waals surface area contributed by atoms with Crippen molar-refractivity contribution < 1.29 is 28.6 Å². The van der Waals surface area contributed by atoms with Crippen LogP contribution in [-0.2, 0) is 28.6 Å². The monoisotopic (exact) mass is 807 g/mol. The third-order valence-corrected chi connectivity index (χ3v) is 11.8. The predicted molar refractivity (Wildman–Crippen MR) is 243 cm³/mol. The molecule has 0 N–H and O–H groups in total. The van der Waals surface area contributed by atoms with E-state index >= 15 is 0 Å². The maximum Gasteiger partial charge on any atom is 0.306 e. The van der Waals surface area contributed by atoms with Gasteiger partial charge in [0.1, 0.15) is 13.2 Å². The lowest BCUT2D eigenvalue weighted by molar-refractivity contribution is -0.167. The van der Waals surface area contributed by atoms with Crippen LogP contribution in [-0.4, -0.2) is 37.2 Å². The SMILES string of the molecule is CCCCCCCCCCCCCCCCCC(=O)OC[C@@H](COC(=O)CCCCCCCCC(C)CC)OC(=O)CCCCCCCCCCCCCC(C)C. The molecule has 0 amide bonds. The van der Waals surface area contributed by atoms with E-state index in [1.807, 2.05) is 0 Å². The van der Waals surface area contributed by atoms with Crippen LogP contribution in [0.3, 0.4) is 0 Å². The topological polar surface area (TPSA) is 78.9 Å². The van der Waals surface area contributed by atoms with Gasteiger partial charge < -0.3 is 14.2 Å². The van der Waals surface area contributed by atoms with Crippen molar-refractivity contribution in [3.05, 3.63) is 0 Å². The molecule has 0 aliphatic rings. The Kier molecular flexibility index (Phi) is 42.7. The van der Waals surface area contributed by atoms with Gasteiger partial charge in [0.2, 0.25) is 0 Å². The van der Waals surface area contributed by atoms with Gasteiger partial charge in [-0.1, -0.05) is 240 Å². The van der Waals surface area contributed by atoms with E-state index in [1.165, 1.54) is 167 Å². The van der Waals surface area contributed by atoms with E-state index in [0.29, 0.717) is 19.3 Å². The second kappa shape index (κ2) is 44.0. The molecule has 0 aromatic carbocycles. The first-order valence-electron chi connectivity index (χ1n) is 25.3. The molecule has 6 nitrogen and oxygen atoms in total. The van der Waals surface area contributed by atoms with E-state index < -0.39 is 6.10 Å². The van der Waals surface area contributed by atoms with Crippen molar-refractivity contribution >= 4 is 17.9 Å². The summed E-state index contributed by atoms with van der Waals surface area (Å²) in [4.78, 5) is 37.9. The standard InChI is InChI=1S/C51H98O6/c1-6-8-9-10-11-12-13-14-15-16-19-22-25-31-36-41-49(52)55-44-48(45-56-50(53)42-37-32-28-27-30-35-40-47(5)7-2)57-51(54)43-38-33-26-23-20-17-18-21-24-29-34-39-46(3)4/h46-48H,6-45H2,1-5H3/t47?,48-/m0/s1. The van der Waals surface area contributed by atoms with E-state index in [2.05, 4.69) is 34.6 Å². The highest BCUT2D eigenvalue weighted by Gasteiger charge is 2.19. The van der Waals surface area contributed by atoms with Crippen LogP contribution in [0.1, 0.15) is 279 Å². The maximum absolute atomic E-state index is 12.8. The molecule has 0 spiro atoms. The van der Waals surface area contributed by atoms with Crippen LogP contribution >= 0.6 is 0 Å². The van der Waals surface area contributed by atoms with Gasteiger partial charge in [0.05, 0.1) is 0 Å². The first kappa shape index (κ1) is 55.4. The molecule has 0 radical (unpaired) electrons. The quantitative estimate of drug-likeness (QED) is 0.0346. The zero-order valence-corrected chi connectivity index (χ0v) is 39.0. The van der Waals surface area contributed by atoms with Gasteiger partial charge in [-0.3, -0.25) is 14.4 Å². The lowest BCUT2D eigenvalue weighted by Crippen LogP contribution is -2.30. The molecule has 0 bridgehead atoms. The molecular weight excluding hydrogens is 709 g/mol. The lowest BCUT2D eigenvalue weighted by atomic mass is 10.00. The van der Waals surface area contributed by atoms with Crippen molar-refractivity contribution in [2.75, 3.05) is 13.2 Å². The molecule has 0 rings (SSSR count). The van der Waals surface area contributed by atoms with Crippen LogP contribution in [0.5, 0.6) is 0 Å². The molecule has 0 aromatic rings. The number of carbonyl (C=O) groups is 3. The minimum atomic E-state index is -0.762. The zero-order chi connectivity index (χ0) is 41.9. The fraction of sp³-hybridized carbons (Fsp3) is 0.941. The molecule has 57 heavy (non-hydrogen) atoms. The van der Waals surface area contributed by atoms with Crippen molar-refractivity contribution in [3.8, 4) is 0 Å². The average Bonchev–Trinajstić information content (AvgIpc) is 3.19. The summed E-state index contributed by atoms with van der Waals surface area (Å²) in [5.41, 5.74) is 0. The molecule has 0 aromatic heterocycles. The van der Waals surface area contributed by atoms with E-state index in [9.17, 15) is 14.4 Å². The molecule has 0 aliphatic heterocycles. The highest BCUT2D eigenvalue weighted by Crippen LogP contribution is 2.17. The molecule has 338 valence electrons. The van der Waals surface area contributed by atoms with Crippen LogP contribution in [0.4, 0.5) is 0 Å². The summed E-state index contributed by atoms with van der Waals surface area (Å²) >= 11 is 0. The van der Waals surface area contributed by atoms with E-state index in [4.69, 9.17) is 14.2 Å². The van der Waals surface area contributed by atoms with Gasteiger partial charge in [-0.15, -0.1) is 0 Å². The minimum absolute atomic E-state index is 0.0645. The Morgan fingerprint density at radius 2 is 0.667 bits per heavy atom. The van der Waals surface area contributed by atoms with Gasteiger partial charge in [-0.05, 0) is 31.1 Å². The minimum Gasteiger partial charge on any atom is -0.462 e. The number of esters is 3. The second-order valence-corrected chi connectivity index (χ2v) is 18.2. The third-order valence-electron chi connectivity index (χ3n) is 11.8. The van der Waals surface area contributed by atoms with Crippen molar-refractivity contribution in [1.29, 1.82) is 0 Å². The number of unbranched alkanes of at least 4 members (excludes halogenated alkanes) is 29. The Morgan fingerprint density at radius 3 is 1.00 bits per heavy atom. The smallest absolute Gasteiger partial charge is 0.306 e. The summed E-state index contributed by atoms with van der Waals surface area (Å²) in [6, 6.07) is 0. The molecular formula is C51H98O6. The first-order chi connectivity index (χ1) is 27.8. The Morgan fingerprint density at radius 1 is 0.368 bits per heavy atom. The Balaban J connectivity index is 4.31. The van der Waals surface area contributed by atoms with Gasteiger partial charge >= 0.3 is 17.9 Å². The fourth-order valence-electron chi connectivity index (χ4n) is 7.60. The summed E-state index contributed by atoms with van der Waals surface area (Å²) in [5.74, 6) is 0.786. The lowest BCUT2D eigenvalue weighted by Gasteiger charge is -2.18. The zero-order valence-electron chi connectivity index (χ0n) is 39.0. The Labute approximate surface area is 355 Å². The number of carbonyl (C=O) groups excluding carboxylic acids is 3. The molecule has 2 atom stereocenters. The van der Waals surface area contributed by atoms with Crippen LogP contribution in [0.2, 0.25) is 0 Å². The number of hydrogen-bond donors (Lipinski definition) is 0. The highest BCUT2D eigenvalue weighted by molar-refractivity contribution is 5.71. The fourth-order valence-corrected chi connectivity index (χ4v) is 7.60. The number of ether oxygens (including phenoxy) is 3. The van der Waals surface area contributed by atoms with Gasteiger partial charge in [-0.25, -0.2) is 0 Å². The molecule has 1 unspecified atom stereocenters. The van der Waals surface area contributed by atoms with Crippen molar-refractivity contribution in [1.82, 2.24) is 0 Å². The number of hydrogen-bond acceptors (Lipinski definition) is 6. The van der Waals surface area contributed by atoms with Crippen LogP contribution in [0.15, 0.2) is 0 Å². The predicted octanol–water partition coefficient (Wildman–Crippen LogP) is 16.1. The highest BCUT2D eigenvalue weighted by atomic mass is 16.6. The molecule has 0 fully saturated rings. The normalized spacial score (nSPS) is 12.5. The van der Waals surface area contributed by atoms with E-state index in [1.54, 1.807) is 0 Å². The summed E-state index contributed by atoms with van der Waals surface area (Å²) in [6.07, 6.45) is 43.7. The van der Waals surface area contributed by atoms with E-state index in [0.717, 1.165) is 69.6 Å². The third kappa shape index (κ3) is 43.8. The van der Waals surface area contributed by atoms with Crippen molar-refractivity contribution in [3.63, 3.8) is 0 Å². The van der Waals surface area contributed by atoms with Crippen molar-refractivity contribution in [2.45, 2.75) is 285 Å². The van der Waals surface area contributed by atoms with Gasteiger partial charge in [0, 0.05) is 19.3 Å². The number of rotatable bonds is 45. The molecule has 0 aliphatic carbocycles.